The van der Waals surface area contributed by atoms with Crippen molar-refractivity contribution in [3.63, 3.8) is 0 Å². The van der Waals surface area contributed by atoms with Gasteiger partial charge >= 0.3 is 0 Å². The largest absolute Gasteiger partial charge is 0.311 e. The van der Waals surface area contributed by atoms with Crippen LogP contribution in [0, 0.1) is 11.5 Å². The lowest BCUT2D eigenvalue weighted by Gasteiger charge is -1.83. The molecular formula is C3H4ClN3. The maximum absolute atomic E-state index is 7.75. The average molecular weight is 118 g/mol. The van der Waals surface area contributed by atoms with Crippen LogP contribution in [0.5, 0.6) is 0 Å². The number of nitrogens with zero attached hydrogens (tertiary/aromatic N) is 2. The Morgan fingerprint density at radius 2 is 2.57 bits per heavy atom. The van der Waals surface area contributed by atoms with E-state index in [1.807, 2.05) is 0 Å². The first kappa shape index (κ1) is 6.41. The molecule has 7 heavy (non-hydrogen) atoms. The van der Waals surface area contributed by atoms with E-state index in [4.69, 9.17) is 22.6 Å². The fourth-order valence-electron chi connectivity index (χ4n) is 0.105. The molecule has 0 bridgehead atoms. The van der Waals surface area contributed by atoms with Crippen molar-refractivity contribution in [2.24, 2.45) is 10.7 Å². The van der Waals surface area contributed by atoms with Crippen molar-refractivity contribution >= 4 is 17.8 Å². The highest BCUT2D eigenvalue weighted by molar-refractivity contribution is 6.27. The number of rotatable bonds is 1. The fourth-order valence-corrected chi connectivity index (χ4v) is 0.161. The second-order valence-corrected chi connectivity index (χ2v) is 1.33. The third-order valence-electron chi connectivity index (χ3n) is 0.275. The first-order valence-electron chi connectivity index (χ1n) is 1.59. The summed E-state index contributed by atoms with van der Waals surface area (Å²) in [5.74, 6) is 0. The molecule has 38 valence electrons. The Bertz CT molecular complexity index is 101. The highest BCUT2D eigenvalue weighted by Crippen LogP contribution is 1.76. The lowest BCUT2D eigenvalue weighted by molar-refractivity contribution is 1.23. The molecule has 0 saturated carbocycles. The lowest BCUT2D eigenvalue weighted by Crippen LogP contribution is -2.11. The molecule has 0 aliphatic rings. The SMILES string of the molecule is N#CN=CC(N)Cl. The standard InChI is InChI=1S/C3H4ClN3/c4-3(6)1-7-2-5/h1,3H,6H2. The van der Waals surface area contributed by atoms with Crippen molar-refractivity contribution in [1.82, 2.24) is 0 Å². The summed E-state index contributed by atoms with van der Waals surface area (Å²) in [4.78, 5) is 3.09. The fraction of sp³-hybridized carbons (Fsp3) is 0.333. The summed E-state index contributed by atoms with van der Waals surface area (Å²) >= 11 is 5.13. The van der Waals surface area contributed by atoms with E-state index in [9.17, 15) is 0 Å². The molecule has 1 unspecified atom stereocenters. The highest BCUT2D eigenvalue weighted by Gasteiger charge is 1.83. The van der Waals surface area contributed by atoms with Crippen molar-refractivity contribution in [2.75, 3.05) is 0 Å². The van der Waals surface area contributed by atoms with Gasteiger partial charge in [-0.1, -0.05) is 11.6 Å². The average Bonchev–Trinajstić information content (AvgIpc) is 1.61. The van der Waals surface area contributed by atoms with E-state index in [-0.39, 0.29) is 0 Å². The summed E-state index contributed by atoms with van der Waals surface area (Å²) in [5.41, 5.74) is 4.30. The number of aliphatic imine (C=N–C) groups is 1. The summed E-state index contributed by atoms with van der Waals surface area (Å²) < 4.78 is 0. The van der Waals surface area contributed by atoms with Crippen molar-refractivity contribution in [2.45, 2.75) is 5.50 Å². The van der Waals surface area contributed by atoms with Gasteiger partial charge in [-0.25, -0.2) is 0 Å². The van der Waals surface area contributed by atoms with Gasteiger partial charge in [0, 0.05) is 6.21 Å². The number of nitrogens with two attached hydrogens (primary N) is 1. The Kier molecular flexibility index (Phi) is 3.29. The zero-order valence-corrected chi connectivity index (χ0v) is 4.26. The molecule has 1 atom stereocenters. The van der Waals surface area contributed by atoms with Gasteiger partial charge in [0.05, 0.1) is 0 Å². The summed E-state index contributed by atoms with van der Waals surface area (Å²) in [6, 6.07) is 0. The summed E-state index contributed by atoms with van der Waals surface area (Å²) in [6.45, 7) is 0. The Morgan fingerprint density at radius 3 is 2.71 bits per heavy atom. The van der Waals surface area contributed by atoms with Gasteiger partial charge < -0.3 is 5.73 Å². The molecule has 0 fully saturated rings. The lowest BCUT2D eigenvalue weighted by atomic mass is 10.7. The zero-order chi connectivity index (χ0) is 5.70. The molecule has 0 spiro atoms. The second-order valence-electron chi connectivity index (χ2n) is 0.823. The number of alkyl halides is 1. The first-order valence-corrected chi connectivity index (χ1v) is 2.03. The number of hydrogen-bond acceptors (Lipinski definition) is 3. The summed E-state index contributed by atoms with van der Waals surface area (Å²) in [6.07, 6.45) is 2.66. The molecular weight excluding hydrogens is 114 g/mol. The van der Waals surface area contributed by atoms with Crippen LogP contribution >= 0.6 is 11.6 Å². The molecule has 0 aromatic heterocycles. The van der Waals surface area contributed by atoms with Gasteiger partial charge in [0.1, 0.15) is 5.50 Å². The van der Waals surface area contributed by atoms with Crippen LogP contribution in [0.2, 0.25) is 0 Å². The van der Waals surface area contributed by atoms with E-state index < -0.39 is 5.50 Å². The quantitative estimate of drug-likeness (QED) is 0.229. The highest BCUT2D eigenvalue weighted by atomic mass is 35.5. The van der Waals surface area contributed by atoms with Crippen LogP contribution in [0.4, 0.5) is 0 Å². The van der Waals surface area contributed by atoms with Crippen LogP contribution in [0.15, 0.2) is 4.99 Å². The predicted octanol–water partition coefficient (Wildman–Crippen LogP) is 0.0619. The smallest absolute Gasteiger partial charge is 0.205 e. The van der Waals surface area contributed by atoms with Crippen molar-refractivity contribution < 1.29 is 0 Å². The zero-order valence-electron chi connectivity index (χ0n) is 3.50. The van der Waals surface area contributed by atoms with Gasteiger partial charge in [-0.05, 0) is 0 Å². The number of nitriles is 1. The molecule has 0 aliphatic carbocycles. The van der Waals surface area contributed by atoms with Gasteiger partial charge in [-0.15, -0.1) is 0 Å². The Morgan fingerprint density at radius 1 is 2.00 bits per heavy atom. The minimum Gasteiger partial charge on any atom is -0.311 e. The molecule has 0 radical (unpaired) electrons. The second kappa shape index (κ2) is 3.59. The van der Waals surface area contributed by atoms with Crippen LogP contribution in [0.1, 0.15) is 0 Å². The summed E-state index contributed by atoms with van der Waals surface area (Å²) in [7, 11) is 0. The number of halogens is 1. The molecule has 0 aromatic rings. The Hall–Kier alpha value is -0.590. The Balaban J connectivity index is 3.31. The van der Waals surface area contributed by atoms with Crippen molar-refractivity contribution in [3.05, 3.63) is 0 Å². The minimum atomic E-state index is -0.639. The van der Waals surface area contributed by atoms with Crippen LogP contribution in [-0.4, -0.2) is 11.7 Å². The predicted molar refractivity (Wildman–Crippen MR) is 27.9 cm³/mol. The van der Waals surface area contributed by atoms with E-state index in [2.05, 4.69) is 4.99 Å². The maximum atomic E-state index is 7.75. The normalized spacial score (nSPS) is 13.9. The monoisotopic (exact) mass is 117 g/mol. The van der Waals surface area contributed by atoms with Gasteiger partial charge in [-0.2, -0.15) is 10.3 Å². The van der Waals surface area contributed by atoms with Crippen LogP contribution in [0.25, 0.3) is 0 Å². The molecule has 0 aliphatic heterocycles. The molecule has 0 aromatic carbocycles. The Labute approximate surface area is 46.4 Å². The molecule has 0 saturated heterocycles. The van der Waals surface area contributed by atoms with Gasteiger partial charge in [0.15, 0.2) is 0 Å². The van der Waals surface area contributed by atoms with E-state index in [1.54, 1.807) is 0 Å². The van der Waals surface area contributed by atoms with Crippen LogP contribution in [-0.2, 0) is 0 Å². The minimum absolute atomic E-state index is 0.639. The van der Waals surface area contributed by atoms with E-state index in [0.717, 1.165) is 6.21 Å². The molecule has 0 heterocycles. The van der Waals surface area contributed by atoms with Crippen molar-refractivity contribution in [1.29, 1.82) is 5.26 Å². The third-order valence-corrected chi connectivity index (χ3v) is 0.387. The topological polar surface area (TPSA) is 62.2 Å². The van der Waals surface area contributed by atoms with Crippen molar-refractivity contribution in [3.8, 4) is 6.19 Å². The first-order chi connectivity index (χ1) is 3.27. The molecule has 4 heteroatoms. The van der Waals surface area contributed by atoms with Gasteiger partial charge in [0.2, 0.25) is 6.19 Å². The van der Waals surface area contributed by atoms with Crippen LogP contribution < -0.4 is 5.73 Å². The van der Waals surface area contributed by atoms with Gasteiger partial charge in [0.25, 0.3) is 0 Å². The van der Waals surface area contributed by atoms with E-state index in [0.29, 0.717) is 0 Å². The summed E-state index contributed by atoms with van der Waals surface area (Å²) in [5, 5.41) is 7.75. The molecule has 0 rings (SSSR count). The van der Waals surface area contributed by atoms with Gasteiger partial charge in [-0.3, -0.25) is 0 Å². The van der Waals surface area contributed by atoms with E-state index >= 15 is 0 Å². The molecule has 3 nitrogen and oxygen atoms in total. The number of hydrogen-bond donors (Lipinski definition) is 1. The van der Waals surface area contributed by atoms with E-state index in [1.165, 1.54) is 6.19 Å². The molecule has 0 amide bonds. The maximum Gasteiger partial charge on any atom is 0.205 e. The molecule has 2 N–H and O–H groups in total. The van der Waals surface area contributed by atoms with Crippen LogP contribution in [0.3, 0.4) is 0 Å². The third kappa shape index (κ3) is 5.41.